The number of carbonyl (C=O) groups is 1. The van der Waals surface area contributed by atoms with E-state index < -0.39 is 0 Å². The van der Waals surface area contributed by atoms with Gasteiger partial charge < -0.3 is 4.74 Å². The van der Waals surface area contributed by atoms with E-state index >= 15 is 0 Å². The molecule has 1 saturated heterocycles. The zero-order valence-corrected chi connectivity index (χ0v) is 8.87. The van der Waals surface area contributed by atoms with Gasteiger partial charge in [0.05, 0.1) is 12.7 Å². The number of nitrogens with zero attached hydrogens (tertiary/aromatic N) is 1. The first-order valence-corrected chi connectivity index (χ1v) is 5.68. The van der Waals surface area contributed by atoms with Gasteiger partial charge in [-0.05, 0) is 19.4 Å². The average Bonchev–Trinajstić information content (AvgIpc) is 2.18. The van der Waals surface area contributed by atoms with Crippen LogP contribution in [-0.4, -0.2) is 42.5 Å². The molecule has 2 atom stereocenters. The van der Waals surface area contributed by atoms with E-state index in [1.807, 2.05) is 0 Å². The summed E-state index contributed by atoms with van der Waals surface area (Å²) in [6.07, 6.45) is 3.78. The number of Topliss-reactive ketones (excluding diaryl/α,β-unsaturated/α-hetero) is 1. The minimum Gasteiger partial charge on any atom is -0.375 e. The Labute approximate surface area is 85.4 Å². The van der Waals surface area contributed by atoms with Crippen molar-refractivity contribution in [1.29, 1.82) is 0 Å². The van der Waals surface area contributed by atoms with Crippen LogP contribution in [-0.2, 0) is 9.53 Å². The lowest BCUT2D eigenvalue weighted by Gasteiger charge is -2.43. The summed E-state index contributed by atoms with van der Waals surface area (Å²) in [5.41, 5.74) is 0. The highest BCUT2D eigenvalue weighted by molar-refractivity contribution is 5.80. The van der Waals surface area contributed by atoms with Crippen LogP contribution < -0.4 is 0 Å². The summed E-state index contributed by atoms with van der Waals surface area (Å²) in [5, 5.41) is 0. The number of hydrogen-bond donors (Lipinski definition) is 0. The number of morpholine rings is 1. The molecule has 2 rings (SSSR count). The van der Waals surface area contributed by atoms with Gasteiger partial charge in [0, 0.05) is 25.4 Å². The van der Waals surface area contributed by atoms with E-state index in [2.05, 4.69) is 11.8 Å². The summed E-state index contributed by atoms with van der Waals surface area (Å²) in [6.45, 7) is 5.20. The fraction of sp³-hybridized carbons (Fsp3) is 0.909. The summed E-state index contributed by atoms with van der Waals surface area (Å²) in [6, 6.07) is 0.515. The number of rotatable bonds is 2. The smallest absolute Gasteiger partial charge is 0.135 e. The molecule has 3 heteroatoms. The molecule has 14 heavy (non-hydrogen) atoms. The molecule has 0 spiro atoms. The predicted molar refractivity (Wildman–Crippen MR) is 54.3 cm³/mol. The Kier molecular flexibility index (Phi) is 3.19. The first-order chi connectivity index (χ1) is 6.81. The zero-order valence-electron chi connectivity index (χ0n) is 8.87. The quantitative estimate of drug-likeness (QED) is 0.666. The minimum absolute atomic E-state index is 0.191. The lowest BCUT2D eigenvalue weighted by Crippen LogP contribution is -2.54. The zero-order chi connectivity index (χ0) is 9.97. The second kappa shape index (κ2) is 4.41. The van der Waals surface area contributed by atoms with Crippen molar-refractivity contribution >= 4 is 5.78 Å². The van der Waals surface area contributed by atoms with Crippen LogP contribution >= 0.6 is 0 Å². The molecule has 0 aromatic rings. The van der Waals surface area contributed by atoms with Crippen LogP contribution in [0.1, 0.15) is 32.6 Å². The summed E-state index contributed by atoms with van der Waals surface area (Å²) in [5.74, 6) is 0.379. The lowest BCUT2D eigenvalue weighted by atomic mass is 9.89. The Morgan fingerprint density at radius 2 is 2.43 bits per heavy atom. The highest BCUT2D eigenvalue weighted by atomic mass is 16.5. The van der Waals surface area contributed by atoms with Gasteiger partial charge in [-0.1, -0.05) is 6.92 Å². The minimum atomic E-state index is 0.191. The largest absolute Gasteiger partial charge is 0.375 e. The topological polar surface area (TPSA) is 29.5 Å². The third kappa shape index (κ3) is 1.98. The molecule has 0 unspecified atom stereocenters. The maximum atomic E-state index is 11.3. The van der Waals surface area contributed by atoms with Gasteiger partial charge in [-0.25, -0.2) is 0 Å². The fourth-order valence-corrected chi connectivity index (χ4v) is 2.60. The van der Waals surface area contributed by atoms with Crippen LogP contribution in [0.3, 0.4) is 0 Å². The molecule has 0 amide bonds. The molecule has 1 aliphatic carbocycles. The highest BCUT2D eigenvalue weighted by Gasteiger charge is 2.36. The molecule has 0 aromatic carbocycles. The van der Waals surface area contributed by atoms with Gasteiger partial charge in [0.2, 0.25) is 0 Å². The van der Waals surface area contributed by atoms with E-state index in [9.17, 15) is 4.79 Å². The van der Waals surface area contributed by atoms with Crippen molar-refractivity contribution in [3.8, 4) is 0 Å². The molecule has 0 aromatic heterocycles. The van der Waals surface area contributed by atoms with E-state index in [0.29, 0.717) is 18.2 Å². The van der Waals surface area contributed by atoms with Gasteiger partial charge in [0.15, 0.2) is 0 Å². The van der Waals surface area contributed by atoms with Crippen LogP contribution in [0.2, 0.25) is 0 Å². The molecule has 2 aliphatic rings. The number of hydrogen-bond acceptors (Lipinski definition) is 3. The number of ether oxygens (including phenoxy) is 1. The van der Waals surface area contributed by atoms with Gasteiger partial charge in [-0.15, -0.1) is 0 Å². The second-order valence-electron chi connectivity index (χ2n) is 4.29. The summed E-state index contributed by atoms with van der Waals surface area (Å²) < 4.78 is 5.67. The third-order valence-corrected chi connectivity index (χ3v) is 3.27. The van der Waals surface area contributed by atoms with Gasteiger partial charge in [-0.2, -0.15) is 0 Å². The van der Waals surface area contributed by atoms with Gasteiger partial charge in [0.1, 0.15) is 5.78 Å². The predicted octanol–water partition coefficient (Wildman–Crippen LogP) is 1.22. The van der Waals surface area contributed by atoms with E-state index in [4.69, 9.17) is 4.74 Å². The Balaban J connectivity index is 1.98. The highest BCUT2D eigenvalue weighted by Crippen LogP contribution is 2.26. The van der Waals surface area contributed by atoms with Gasteiger partial charge in [0.25, 0.3) is 0 Å². The van der Waals surface area contributed by atoms with Crippen molar-refractivity contribution in [2.24, 2.45) is 0 Å². The second-order valence-corrected chi connectivity index (χ2v) is 4.29. The van der Waals surface area contributed by atoms with Crippen molar-refractivity contribution < 1.29 is 9.53 Å². The number of ketones is 1. The van der Waals surface area contributed by atoms with Crippen LogP contribution in [0.5, 0.6) is 0 Å². The van der Waals surface area contributed by atoms with Gasteiger partial charge in [-0.3, -0.25) is 9.69 Å². The molecule has 1 saturated carbocycles. The molecule has 1 aliphatic heterocycles. The SMILES string of the molecule is CCCN1CCO[C@@H]2CC(=O)CC[C@H]21. The Hall–Kier alpha value is -0.410. The normalized spacial score (nSPS) is 34.2. The van der Waals surface area contributed by atoms with Gasteiger partial charge >= 0.3 is 0 Å². The average molecular weight is 197 g/mol. The molecule has 3 nitrogen and oxygen atoms in total. The van der Waals surface area contributed by atoms with Crippen molar-refractivity contribution in [3.63, 3.8) is 0 Å². The van der Waals surface area contributed by atoms with Crippen molar-refractivity contribution in [3.05, 3.63) is 0 Å². The Morgan fingerprint density at radius 1 is 1.57 bits per heavy atom. The van der Waals surface area contributed by atoms with E-state index in [1.54, 1.807) is 0 Å². The number of fused-ring (bicyclic) bond motifs is 1. The Morgan fingerprint density at radius 3 is 3.21 bits per heavy atom. The molecule has 0 radical (unpaired) electrons. The first kappa shape index (κ1) is 10.1. The molecule has 0 bridgehead atoms. The maximum Gasteiger partial charge on any atom is 0.135 e. The molecular formula is C11H19NO2. The van der Waals surface area contributed by atoms with Crippen LogP contribution in [0.25, 0.3) is 0 Å². The fourth-order valence-electron chi connectivity index (χ4n) is 2.60. The molecule has 1 heterocycles. The standard InChI is InChI=1S/C11H19NO2/c1-2-5-12-6-7-14-11-8-9(13)3-4-10(11)12/h10-11H,2-8H2,1H3/t10-,11-/m1/s1. The van der Waals surface area contributed by atoms with Crippen molar-refractivity contribution in [2.45, 2.75) is 44.8 Å². The third-order valence-electron chi connectivity index (χ3n) is 3.27. The van der Waals surface area contributed by atoms with E-state index in [-0.39, 0.29) is 6.10 Å². The van der Waals surface area contributed by atoms with Crippen molar-refractivity contribution in [2.75, 3.05) is 19.7 Å². The summed E-state index contributed by atoms with van der Waals surface area (Å²) >= 11 is 0. The number of carbonyl (C=O) groups excluding carboxylic acids is 1. The first-order valence-electron chi connectivity index (χ1n) is 5.68. The lowest BCUT2D eigenvalue weighted by molar-refractivity contribution is -0.135. The van der Waals surface area contributed by atoms with Crippen LogP contribution in [0.15, 0.2) is 0 Å². The molecular weight excluding hydrogens is 178 g/mol. The molecule has 0 N–H and O–H groups in total. The van der Waals surface area contributed by atoms with E-state index in [1.165, 1.54) is 6.42 Å². The Bertz CT molecular complexity index is 215. The van der Waals surface area contributed by atoms with Crippen molar-refractivity contribution in [1.82, 2.24) is 4.90 Å². The molecule has 80 valence electrons. The summed E-state index contributed by atoms with van der Waals surface area (Å²) in [7, 11) is 0. The molecule has 2 fully saturated rings. The monoisotopic (exact) mass is 197 g/mol. The van der Waals surface area contributed by atoms with E-state index in [0.717, 1.165) is 32.5 Å². The van der Waals surface area contributed by atoms with Crippen LogP contribution in [0, 0.1) is 0 Å². The van der Waals surface area contributed by atoms with Crippen LogP contribution in [0.4, 0.5) is 0 Å². The summed E-state index contributed by atoms with van der Waals surface area (Å²) in [4.78, 5) is 13.8. The maximum absolute atomic E-state index is 11.3.